The van der Waals surface area contributed by atoms with Gasteiger partial charge in [0.15, 0.2) is 0 Å². The quantitative estimate of drug-likeness (QED) is 0.688. The van der Waals surface area contributed by atoms with Crippen LogP contribution in [0.5, 0.6) is 0 Å². The number of rotatable bonds is 7. The molecule has 1 amide bonds. The van der Waals surface area contributed by atoms with Gasteiger partial charge in [-0.2, -0.15) is 0 Å². The zero-order valence-electron chi connectivity index (χ0n) is 10.9. The number of hydrogen-bond donors (Lipinski definition) is 1. The van der Waals surface area contributed by atoms with E-state index in [1.54, 1.807) is 0 Å². The molecule has 17 heavy (non-hydrogen) atoms. The van der Waals surface area contributed by atoms with Gasteiger partial charge in [0.25, 0.3) is 0 Å². The van der Waals surface area contributed by atoms with Gasteiger partial charge in [-0.3, -0.25) is 4.79 Å². The van der Waals surface area contributed by atoms with Crippen molar-refractivity contribution in [2.45, 2.75) is 51.5 Å². The molecule has 0 unspecified atom stereocenters. The largest absolute Gasteiger partial charge is 0.353 e. The van der Waals surface area contributed by atoms with E-state index < -0.39 is 0 Å². The first kappa shape index (κ1) is 14.5. The van der Waals surface area contributed by atoms with Gasteiger partial charge in [-0.15, -0.1) is 0 Å². The molecule has 4 heteroatoms. The lowest BCUT2D eigenvalue weighted by atomic mass is 10.0. The van der Waals surface area contributed by atoms with E-state index in [0.29, 0.717) is 12.5 Å². The van der Waals surface area contributed by atoms with E-state index in [-0.39, 0.29) is 12.5 Å². The van der Waals surface area contributed by atoms with Crippen LogP contribution in [-0.2, 0) is 9.90 Å². The second-order valence-corrected chi connectivity index (χ2v) is 4.84. The normalized spacial score (nSPS) is 18.2. The Morgan fingerprint density at radius 1 is 1.29 bits per heavy atom. The molecular weight excluding hydrogens is 216 g/mol. The van der Waals surface area contributed by atoms with Gasteiger partial charge in [-0.05, 0) is 38.6 Å². The highest BCUT2D eigenvalue weighted by atomic mass is 16.2. The Morgan fingerprint density at radius 2 is 2.00 bits per heavy atom. The van der Waals surface area contributed by atoms with Crippen molar-refractivity contribution >= 4 is 5.91 Å². The third-order valence-electron chi connectivity index (χ3n) is 3.30. The number of carbonyl (C=O) groups excluding carboxylic acids is 1. The number of unbranched alkanes of at least 4 members (excludes halogenated alkanes) is 1. The van der Waals surface area contributed by atoms with Gasteiger partial charge >= 0.3 is 0 Å². The van der Waals surface area contributed by atoms with E-state index in [0.717, 1.165) is 51.7 Å². The predicted molar refractivity (Wildman–Crippen MR) is 67.3 cm³/mol. The highest BCUT2D eigenvalue weighted by Crippen LogP contribution is 2.11. The number of hydrogen-bond acceptors (Lipinski definition) is 2. The maximum absolute atomic E-state index is 11.4. The summed E-state index contributed by atoms with van der Waals surface area (Å²) in [5.41, 5.74) is 0. The maximum Gasteiger partial charge on any atom is 0.220 e. The fourth-order valence-corrected chi connectivity index (χ4v) is 2.27. The van der Waals surface area contributed by atoms with Gasteiger partial charge in [0.05, 0.1) is 6.61 Å². The standard InChI is InChI=1S/C13H25N2O2/c1-2-5-13(17)14-12-6-9-15(10-7-12)8-3-4-11-16/h12H,2-11H2,1H3,(H,14,17). The number of nitrogens with one attached hydrogen (secondary N) is 1. The molecule has 0 bridgehead atoms. The highest BCUT2D eigenvalue weighted by molar-refractivity contribution is 5.76. The third-order valence-corrected chi connectivity index (χ3v) is 3.30. The van der Waals surface area contributed by atoms with Crippen LogP contribution in [0.2, 0.25) is 0 Å². The van der Waals surface area contributed by atoms with Gasteiger partial charge in [0.1, 0.15) is 0 Å². The Balaban J connectivity index is 2.10. The summed E-state index contributed by atoms with van der Waals surface area (Å²) in [4.78, 5) is 13.8. The first-order valence-corrected chi connectivity index (χ1v) is 6.86. The summed E-state index contributed by atoms with van der Waals surface area (Å²) < 4.78 is 0. The minimum Gasteiger partial charge on any atom is -0.353 e. The van der Waals surface area contributed by atoms with E-state index in [1.165, 1.54) is 0 Å². The third kappa shape index (κ3) is 6.03. The van der Waals surface area contributed by atoms with Gasteiger partial charge in [-0.1, -0.05) is 6.92 Å². The van der Waals surface area contributed by atoms with Crippen LogP contribution in [0.25, 0.3) is 0 Å². The van der Waals surface area contributed by atoms with Crippen molar-refractivity contribution in [1.29, 1.82) is 0 Å². The molecule has 0 atom stereocenters. The SMILES string of the molecule is CCCC(=O)NC1CCN(CCCC[O])CC1. The van der Waals surface area contributed by atoms with E-state index in [2.05, 4.69) is 10.2 Å². The van der Waals surface area contributed by atoms with E-state index in [4.69, 9.17) is 0 Å². The van der Waals surface area contributed by atoms with Crippen molar-refractivity contribution in [3.05, 3.63) is 0 Å². The van der Waals surface area contributed by atoms with Crippen molar-refractivity contribution in [1.82, 2.24) is 10.2 Å². The maximum atomic E-state index is 11.4. The smallest absolute Gasteiger partial charge is 0.220 e. The van der Waals surface area contributed by atoms with Crippen molar-refractivity contribution in [2.24, 2.45) is 0 Å². The van der Waals surface area contributed by atoms with Crippen LogP contribution in [0, 0.1) is 0 Å². The van der Waals surface area contributed by atoms with Crippen LogP contribution in [-0.4, -0.2) is 43.1 Å². The van der Waals surface area contributed by atoms with Crippen molar-refractivity contribution in [3.63, 3.8) is 0 Å². The van der Waals surface area contributed by atoms with Gasteiger partial charge in [0, 0.05) is 25.6 Å². The van der Waals surface area contributed by atoms with E-state index >= 15 is 0 Å². The van der Waals surface area contributed by atoms with E-state index in [9.17, 15) is 9.90 Å². The number of amides is 1. The number of likely N-dealkylation sites (tertiary alicyclic amines) is 1. The van der Waals surface area contributed by atoms with Crippen LogP contribution < -0.4 is 5.32 Å². The summed E-state index contributed by atoms with van der Waals surface area (Å²) in [6.45, 7) is 5.21. The number of carbonyl (C=O) groups is 1. The fourth-order valence-electron chi connectivity index (χ4n) is 2.27. The second kappa shape index (κ2) is 8.48. The summed E-state index contributed by atoms with van der Waals surface area (Å²) in [6, 6.07) is 0.366. The van der Waals surface area contributed by atoms with Gasteiger partial charge in [-0.25, -0.2) is 5.11 Å². The molecule has 0 aromatic rings. The molecule has 1 heterocycles. The molecule has 1 N–H and O–H groups in total. The molecule has 0 spiro atoms. The first-order chi connectivity index (χ1) is 8.26. The summed E-state index contributed by atoms with van der Waals surface area (Å²) in [6.07, 6.45) is 5.45. The molecule has 1 fully saturated rings. The fraction of sp³-hybridized carbons (Fsp3) is 0.923. The second-order valence-electron chi connectivity index (χ2n) is 4.84. The lowest BCUT2D eigenvalue weighted by Gasteiger charge is -2.32. The van der Waals surface area contributed by atoms with Crippen LogP contribution in [0.4, 0.5) is 0 Å². The molecule has 1 radical (unpaired) electrons. The molecule has 4 nitrogen and oxygen atoms in total. The Morgan fingerprint density at radius 3 is 2.59 bits per heavy atom. The number of piperidine rings is 1. The molecule has 1 aliphatic rings. The molecule has 0 aromatic heterocycles. The Bertz CT molecular complexity index is 213. The van der Waals surface area contributed by atoms with Crippen molar-refractivity contribution < 1.29 is 9.90 Å². The molecule has 0 aromatic carbocycles. The Labute approximate surface area is 104 Å². The van der Waals surface area contributed by atoms with Crippen LogP contribution in [0.15, 0.2) is 0 Å². The Kier molecular flexibility index (Phi) is 7.21. The summed E-state index contributed by atoms with van der Waals surface area (Å²) >= 11 is 0. The number of nitrogens with zero attached hydrogens (tertiary/aromatic N) is 1. The topological polar surface area (TPSA) is 52.2 Å². The highest BCUT2D eigenvalue weighted by Gasteiger charge is 2.19. The first-order valence-electron chi connectivity index (χ1n) is 6.86. The molecule has 1 rings (SSSR count). The molecule has 1 saturated heterocycles. The van der Waals surface area contributed by atoms with Gasteiger partial charge < -0.3 is 10.2 Å². The predicted octanol–water partition coefficient (Wildman–Crippen LogP) is 1.58. The lowest BCUT2D eigenvalue weighted by molar-refractivity contribution is -0.122. The zero-order chi connectivity index (χ0) is 12.5. The lowest BCUT2D eigenvalue weighted by Crippen LogP contribution is -2.44. The molecular formula is C13H25N2O2. The van der Waals surface area contributed by atoms with E-state index in [1.807, 2.05) is 6.92 Å². The molecule has 1 aliphatic heterocycles. The minimum absolute atomic E-state index is 0.0452. The van der Waals surface area contributed by atoms with Crippen molar-refractivity contribution in [2.75, 3.05) is 26.2 Å². The minimum atomic E-state index is 0.0452. The zero-order valence-corrected chi connectivity index (χ0v) is 10.9. The van der Waals surface area contributed by atoms with Crippen LogP contribution >= 0.6 is 0 Å². The summed E-state index contributed by atoms with van der Waals surface area (Å²) in [5.74, 6) is 0.192. The Hall–Kier alpha value is -0.610. The average molecular weight is 241 g/mol. The average Bonchev–Trinajstić information content (AvgIpc) is 2.32. The molecule has 0 saturated carbocycles. The molecule has 0 aliphatic carbocycles. The van der Waals surface area contributed by atoms with Crippen molar-refractivity contribution in [3.8, 4) is 0 Å². The van der Waals surface area contributed by atoms with Crippen LogP contribution in [0.1, 0.15) is 45.4 Å². The van der Waals surface area contributed by atoms with Gasteiger partial charge in [0.2, 0.25) is 5.91 Å². The van der Waals surface area contributed by atoms with Crippen LogP contribution in [0.3, 0.4) is 0 Å². The summed E-state index contributed by atoms with van der Waals surface area (Å²) in [7, 11) is 0. The molecule has 99 valence electrons. The summed E-state index contributed by atoms with van der Waals surface area (Å²) in [5, 5.41) is 13.4. The monoisotopic (exact) mass is 241 g/mol.